The first-order valence-electron chi connectivity index (χ1n) is 20.6. The summed E-state index contributed by atoms with van der Waals surface area (Å²) in [6.07, 6.45) is -2.37. The Hall–Kier alpha value is -7.03. The number of halogens is 5. The number of nitrogens with zero attached hydrogens (tertiary/aromatic N) is 4. The second kappa shape index (κ2) is 14.8. The lowest BCUT2D eigenvalue weighted by molar-refractivity contribution is -0.139. The van der Waals surface area contributed by atoms with Crippen LogP contribution < -0.4 is 10.3 Å². The summed E-state index contributed by atoms with van der Waals surface area (Å²) in [6.45, 7) is 0. The van der Waals surface area contributed by atoms with Gasteiger partial charge >= 0.3 is 6.18 Å². The third-order valence-electron chi connectivity index (χ3n) is 13.5. The summed E-state index contributed by atoms with van der Waals surface area (Å²) in [5, 5.41) is 14.0. The SMILES string of the molecule is O=C1C2CC3C(=CCC4C(=O)N(c5ccc(-c6nc7ccccc7o6)cc5)C(=O)C43)C(c3ccc4ccccc4c3O)C2(c2ccc(Cl)cc2)C(=O)N1Nc1ncc(C(F)(F)F)cc1Cl. The van der Waals surface area contributed by atoms with Crippen LogP contribution in [0.3, 0.4) is 0 Å². The number of hydrazine groups is 1. The topological polar surface area (TPSA) is 146 Å². The Morgan fingerprint density at radius 3 is 2.31 bits per heavy atom. The van der Waals surface area contributed by atoms with E-state index in [2.05, 4.69) is 15.4 Å². The third kappa shape index (κ3) is 6.10. The van der Waals surface area contributed by atoms with E-state index in [1.54, 1.807) is 78.9 Å². The van der Waals surface area contributed by atoms with Crippen molar-refractivity contribution in [2.75, 3.05) is 10.3 Å². The molecule has 6 atom stereocenters. The molecule has 2 saturated heterocycles. The molecule has 65 heavy (non-hydrogen) atoms. The zero-order valence-corrected chi connectivity index (χ0v) is 35.1. The highest BCUT2D eigenvalue weighted by Gasteiger charge is 2.71. The quantitative estimate of drug-likeness (QED) is 0.123. The molecule has 2 aliphatic heterocycles. The van der Waals surface area contributed by atoms with E-state index in [0.717, 1.165) is 0 Å². The van der Waals surface area contributed by atoms with Gasteiger partial charge in [0.15, 0.2) is 11.4 Å². The molecule has 0 spiro atoms. The summed E-state index contributed by atoms with van der Waals surface area (Å²) in [4.78, 5) is 69.7. The number of hydrogen-bond acceptors (Lipinski definition) is 9. The Kier molecular flexibility index (Phi) is 9.25. The van der Waals surface area contributed by atoms with Gasteiger partial charge in [0, 0.05) is 33.7 Å². The molecule has 324 valence electrons. The number of allylic oxidation sites excluding steroid dienone is 2. The molecule has 6 unspecified atom stereocenters. The Morgan fingerprint density at radius 1 is 0.831 bits per heavy atom. The number of amides is 4. The number of nitrogens with one attached hydrogen (secondary N) is 1. The van der Waals surface area contributed by atoms with E-state index in [9.17, 15) is 27.9 Å². The average molecular weight is 915 g/mol. The van der Waals surface area contributed by atoms with Crippen molar-refractivity contribution in [3.05, 3.63) is 160 Å². The molecule has 11 rings (SSSR count). The fourth-order valence-electron chi connectivity index (χ4n) is 10.6. The van der Waals surface area contributed by atoms with Crippen molar-refractivity contribution in [2.45, 2.75) is 30.4 Å². The van der Waals surface area contributed by atoms with Crippen LogP contribution in [0, 0.1) is 23.7 Å². The van der Waals surface area contributed by atoms with Crippen LogP contribution in [-0.2, 0) is 30.8 Å². The predicted molar refractivity (Wildman–Crippen MR) is 234 cm³/mol. The summed E-state index contributed by atoms with van der Waals surface area (Å²) in [5.41, 5.74) is 3.11. The number of pyridine rings is 1. The summed E-state index contributed by atoms with van der Waals surface area (Å²) >= 11 is 12.7. The van der Waals surface area contributed by atoms with Crippen LogP contribution >= 0.6 is 23.2 Å². The van der Waals surface area contributed by atoms with Gasteiger partial charge in [-0.15, -0.1) is 0 Å². The number of imide groups is 2. The number of rotatable bonds is 6. The van der Waals surface area contributed by atoms with Crippen LogP contribution in [0.15, 0.2) is 138 Å². The van der Waals surface area contributed by atoms with Crippen molar-refractivity contribution in [3.63, 3.8) is 0 Å². The summed E-state index contributed by atoms with van der Waals surface area (Å²) in [7, 11) is 0. The number of aromatic nitrogens is 2. The number of phenolic OH excluding ortho intramolecular Hbond substituents is 1. The number of aromatic hydroxyl groups is 1. The van der Waals surface area contributed by atoms with Crippen LogP contribution in [-0.4, -0.2) is 43.7 Å². The number of carbonyl (C=O) groups excluding carboxylic acids is 4. The smallest absolute Gasteiger partial charge is 0.417 e. The maximum absolute atomic E-state index is 15.6. The van der Waals surface area contributed by atoms with Gasteiger partial charge in [0.05, 0.1) is 39.4 Å². The van der Waals surface area contributed by atoms with Gasteiger partial charge in [-0.2, -0.15) is 18.2 Å². The molecule has 2 N–H and O–H groups in total. The van der Waals surface area contributed by atoms with Gasteiger partial charge in [0.2, 0.25) is 17.7 Å². The van der Waals surface area contributed by atoms with E-state index in [4.69, 9.17) is 27.6 Å². The molecule has 0 radical (unpaired) electrons. The van der Waals surface area contributed by atoms with Crippen LogP contribution in [0.2, 0.25) is 10.0 Å². The standard InChI is InChI=1S/C49H32Cl2F3N5O6/c50-28-14-12-26(13-15-28)48-35(45(62)59(47(48)64)57-42-36(51)21-27(23-55-42)49(52,53)54)22-34-31(40(48)33-18-11-24-5-1-2-6-30(24)41(33)60)19-20-32-39(34)46(63)58(44(32)61)29-16-9-25(10-17-29)43-56-37-7-3-4-8-38(37)65-43/h1-19,21,23,32,34-35,39-40,60H,20,22H2,(H,55,57). The lowest BCUT2D eigenvalue weighted by Gasteiger charge is -2.50. The number of alkyl halides is 3. The van der Waals surface area contributed by atoms with Crippen molar-refractivity contribution in [2.24, 2.45) is 23.7 Å². The molecular formula is C49H32Cl2F3N5O6. The summed E-state index contributed by atoms with van der Waals surface area (Å²) in [5.74, 6) is -7.64. The highest BCUT2D eigenvalue weighted by molar-refractivity contribution is 6.33. The minimum absolute atomic E-state index is 0.0963. The van der Waals surface area contributed by atoms with E-state index in [0.29, 0.717) is 72.4 Å². The van der Waals surface area contributed by atoms with E-state index < -0.39 is 75.4 Å². The molecule has 16 heteroatoms. The van der Waals surface area contributed by atoms with Crippen LogP contribution in [0.4, 0.5) is 24.7 Å². The molecule has 1 saturated carbocycles. The second-order valence-electron chi connectivity index (χ2n) is 16.7. The minimum atomic E-state index is -4.77. The average Bonchev–Trinajstić information content (AvgIpc) is 3.91. The number of oxazole rings is 1. The molecule has 0 bridgehead atoms. The molecule has 7 aromatic rings. The molecule has 4 heterocycles. The first kappa shape index (κ1) is 40.7. The fourth-order valence-corrected chi connectivity index (χ4v) is 11.0. The molecule has 2 aromatic heterocycles. The Bertz CT molecular complexity index is 3180. The van der Waals surface area contributed by atoms with Crippen molar-refractivity contribution in [3.8, 4) is 17.2 Å². The zero-order valence-electron chi connectivity index (χ0n) is 33.6. The van der Waals surface area contributed by atoms with E-state index in [1.807, 2.05) is 36.4 Å². The second-order valence-corrected chi connectivity index (χ2v) is 17.5. The number of hydrogen-bond donors (Lipinski definition) is 2. The number of anilines is 2. The molecule has 2 aliphatic carbocycles. The highest BCUT2D eigenvalue weighted by atomic mass is 35.5. The van der Waals surface area contributed by atoms with Crippen LogP contribution in [0.5, 0.6) is 5.75 Å². The van der Waals surface area contributed by atoms with Crippen molar-refractivity contribution in [1.82, 2.24) is 15.0 Å². The Morgan fingerprint density at radius 2 is 1.57 bits per heavy atom. The first-order valence-corrected chi connectivity index (χ1v) is 21.4. The molecule has 11 nitrogen and oxygen atoms in total. The lowest BCUT2D eigenvalue weighted by atomic mass is 9.49. The number of para-hydroxylation sites is 2. The van der Waals surface area contributed by atoms with Gasteiger partial charge in [-0.25, -0.2) is 9.97 Å². The molecule has 5 aromatic carbocycles. The van der Waals surface area contributed by atoms with Crippen molar-refractivity contribution >= 4 is 80.2 Å². The monoisotopic (exact) mass is 913 g/mol. The number of phenols is 1. The number of fused-ring (bicyclic) bond motifs is 6. The predicted octanol–water partition coefficient (Wildman–Crippen LogP) is 10.3. The van der Waals surface area contributed by atoms with Gasteiger partial charge in [-0.05, 0) is 84.3 Å². The van der Waals surface area contributed by atoms with Gasteiger partial charge in [-0.1, -0.05) is 95.5 Å². The normalized spacial score (nSPS) is 24.1. The van der Waals surface area contributed by atoms with Gasteiger partial charge < -0.3 is 9.52 Å². The van der Waals surface area contributed by atoms with Crippen molar-refractivity contribution in [1.29, 1.82) is 0 Å². The molecule has 3 fully saturated rings. The van der Waals surface area contributed by atoms with E-state index >= 15 is 9.59 Å². The van der Waals surface area contributed by atoms with Gasteiger partial charge in [-0.3, -0.25) is 29.5 Å². The largest absolute Gasteiger partial charge is 0.507 e. The van der Waals surface area contributed by atoms with Crippen molar-refractivity contribution < 1.29 is 41.9 Å². The Balaban J connectivity index is 1.04. The third-order valence-corrected chi connectivity index (χ3v) is 14.0. The van der Waals surface area contributed by atoms with E-state index in [1.165, 1.54) is 4.90 Å². The van der Waals surface area contributed by atoms with Gasteiger partial charge in [0.25, 0.3) is 11.8 Å². The highest BCUT2D eigenvalue weighted by Crippen LogP contribution is 2.65. The summed E-state index contributed by atoms with van der Waals surface area (Å²) < 4.78 is 46.8. The van der Waals surface area contributed by atoms with E-state index in [-0.39, 0.29) is 30.0 Å². The fraction of sp³-hybridized carbons (Fsp3) is 0.184. The molecule has 4 aliphatic rings. The van der Waals surface area contributed by atoms with Crippen LogP contribution in [0.25, 0.3) is 33.3 Å². The first-order chi connectivity index (χ1) is 31.2. The number of benzene rings is 5. The minimum Gasteiger partial charge on any atom is -0.507 e. The molecular weight excluding hydrogens is 882 g/mol. The number of carbonyl (C=O) groups is 4. The van der Waals surface area contributed by atoms with Crippen LogP contribution in [0.1, 0.15) is 35.4 Å². The Labute approximate surface area is 377 Å². The maximum Gasteiger partial charge on any atom is 0.417 e. The molecule has 4 amide bonds. The zero-order chi connectivity index (χ0) is 45.1. The maximum atomic E-state index is 15.6. The lowest BCUT2D eigenvalue weighted by Crippen LogP contribution is -2.53. The summed E-state index contributed by atoms with van der Waals surface area (Å²) in [6, 6.07) is 31.7. The van der Waals surface area contributed by atoms with Gasteiger partial charge in [0.1, 0.15) is 11.3 Å².